The zero-order chi connectivity index (χ0) is 16.1. The summed E-state index contributed by atoms with van der Waals surface area (Å²) in [5.74, 6) is 0.481. The molecule has 1 aromatic heterocycles. The van der Waals surface area contributed by atoms with Gasteiger partial charge < -0.3 is 9.32 Å². The molecule has 6 nitrogen and oxygen atoms in total. The summed E-state index contributed by atoms with van der Waals surface area (Å²) >= 11 is 0. The number of non-ortho nitro benzene ring substituents is 1. The first-order valence-corrected chi connectivity index (χ1v) is 6.72. The smallest absolute Gasteiger partial charge is 0.270 e. The third-order valence-corrected chi connectivity index (χ3v) is 3.38. The maximum atomic E-state index is 12.1. The second-order valence-corrected chi connectivity index (χ2v) is 4.83. The minimum absolute atomic E-state index is 0.00749. The van der Waals surface area contributed by atoms with Crippen molar-refractivity contribution in [3.8, 4) is 0 Å². The van der Waals surface area contributed by atoms with Crippen LogP contribution in [0, 0.1) is 10.1 Å². The van der Waals surface area contributed by atoms with Crippen molar-refractivity contribution < 1.29 is 14.1 Å². The van der Waals surface area contributed by atoms with E-state index in [0.717, 1.165) is 0 Å². The van der Waals surface area contributed by atoms with E-state index in [9.17, 15) is 14.9 Å². The van der Waals surface area contributed by atoms with Crippen molar-refractivity contribution >= 4 is 17.7 Å². The molecule has 1 atom stereocenters. The number of carbonyl (C=O) groups is 1. The molecule has 6 heteroatoms. The van der Waals surface area contributed by atoms with Gasteiger partial charge in [0.05, 0.1) is 17.2 Å². The Labute approximate surface area is 127 Å². The fourth-order valence-corrected chi connectivity index (χ4v) is 1.94. The van der Waals surface area contributed by atoms with Gasteiger partial charge in [0.1, 0.15) is 5.76 Å². The molecule has 1 heterocycles. The van der Waals surface area contributed by atoms with Gasteiger partial charge >= 0.3 is 0 Å². The lowest BCUT2D eigenvalue weighted by Gasteiger charge is -2.21. The molecule has 22 heavy (non-hydrogen) atoms. The van der Waals surface area contributed by atoms with Crippen molar-refractivity contribution in [2.24, 2.45) is 0 Å². The fraction of sp³-hybridized carbons (Fsp3) is 0.188. The van der Waals surface area contributed by atoms with E-state index in [1.807, 2.05) is 6.92 Å². The SMILES string of the molecule is CC(c1ccco1)N(C)C(=O)/C=C/c1cccc([N+](=O)[O-])c1. The number of carbonyl (C=O) groups excluding carboxylic acids is 1. The fourth-order valence-electron chi connectivity index (χ4n) is 1.94. The summed E-state index contributed by atoms with van der Waals surface area (Å²) in [6.07, 6.45) is 4.50. The van der Waals surface area contributed by atoms with Crippen LogP contribution in [0.1, 0.15) is 24.3 Å². The highest BCUT2D eigenvalue weighted by molar-refractivity contribution is 5.91. The Kier molecular flexibility index (Phi) is 4.73. The Morgan fingerprint density at radius 1 is 1.36 bits per heavy atom. The van der Waals surface area contributed by atoms with Gasteiger partial charge in [-0.3, -0.25) is 14.9 Å². The number of likely N-dealkylation sites (N-methyl/N-ethyl adjacent to an activating group) is 1. The molecule has 0 spiro atoms. The van der Waals surface area contributed by atoms with E-state index in [2.05, 4.69) is 0 Å². The molecule has 0 saturated heterocycles. The Balaban J connectivity index is 2.07. The molecule has 114 valence electrons. The summed E-state index contributed by atoms with van der Waals surface area (Å²) in [7, 11) is 1.67. The number of benzene rings is 1. The van der Waals surface area contributed by atoms with Crippen LogP contribution in [0.25, 0.3) is 6.08 Å². The number of rotatable bonds is 5. The van der Waals surface area contributed by atoms with Gasteiger partial charge in [-0.15, -0.1) is 0 Å². The van der Waals surface area contributed by atoms with E-state index < -0.39 is 4.92 Å². The van der Waals surface area contributed by atoms with Gasteiger partial charge in [0.25, 0.3) is 5.69 Å². The van der Waals surface area contributed by atoms with Crippen molar-refractivity contribution in [3.63, 3.8) is 0 Å². The summed E-state index contributed by atoms with van der Waals surface area (Å²) in [6.45, 7) is 1.86. The van der Waals surface area contributed by atoms with Gasteiger partial charge in [-0.1, -0.05) is 12.1 Å². The molecule has 0 saturated carbocycles. The maximum absolute atomic E-state index is 12.1. The molecule has 0 aliphatic carbocycles. The van der Waals surface area contributed by atoms with Crippen LogP contribution in [0.4, 0.5) is 5.69 Å². The summed E-state index contributed by atoms with van der Waals surface area (Å²) in [4.78, 5) is 23.9. The van der Waals surface area contributed by atoms with Gasteiger partial charge in [0.2, 0.25) is 5.91 Å². The molecule has 0 N–H and O–H groups in total. The van der Waals surface area contributed by atoms with Crippen LogP contribution in [0.3, 0.4) is 0 Å². The average molecular weight is 300 g/mol. The van der Waals surface area contributed by atoms with Crippen LogP contribution < -0.4 is 0 Å². The zero-order valence-electron chi connectivity index (χ0n) is 12.3. The van der Waals surface area contributed by atoms with Crippen molar-refractivity contribution in [3.05, 3.63) is 70.2 Å². The van der Waals surface area contributed by atoms with Crippen LogP contribution in [-0.4, -0.2) is 22.8 Å². The van der Waals surface area contributed by atoms with E-state index in [-0.39, 0.29) is 17.6 Å². The molecular formula is C16H16N2O4. The second kappa shape index (κ2) is 6.71. The predicted molar refractivity (Wildman–Crippen MR) is 82.0 cm³/mol. The highest BCUT2D eigenvalue weighted by atomic mass is 16.6. The second-order valence-electron chi connectivity index (χ2n) is 4.83. The molecule has 0 fully saturated rings. The average Bonchev–Trinajstić information content (AvgIpc) is 3.05. The molecule has 2 aromatic rings. The molecule has 1 unspecified atom stereocenters. The van der Waals surface area contributed by atoms with Gasteiger partial charge in [-0.2, -0.15) is 0 Å². The van der Waals surface area contributed by atoms with E-state index in [1.165, 1.54) is 23.1 Å². The quantitative estimate of drug-likeness (QED) is 0.481. The third-order valence-electron chi connectivity index (χ3n) is 3.38. The van der Waals surface area contributed by atoms with E-state index >= 15 is 0 Å². The number of nitro benzene ring substituents is 1. The molecule has 0 aliphatic heterocycles. The minimum atomic E-state index is -0.468. The molecular weight excluding hydrogens is 284 g/mol. The van der Waals surface area contributed by atoms with Gasteiger partial charge in [-0.05, 0) is 30.7 Å². The van der Waals surface area contributed by atoms with Gasteiger partial charge in [0, 0.05) is 25.3 Å². The molecule has 0 aliphatic rings. The highest BCUT2D eigenvalue weighted by Crippen LogP contribution is 2.19. The number of nitrogens with zero attached hydrogens (tertiary/aromatic N) is 2. The minimum Gasteiger partial charge on any atom is -0.467 e. The first-order chi connectivity index (χ1) is 10.5. The van der Waals surface area contributed by atoms with Crippen LogP contribution in [-0.2, 0) is 4.79 Å². The zero-order valence-corrected chi connectivity index (χ0v) is 12.3. The summed E-state index contributed by atoms with van der Waals surface area (Å²) < 4.78 is 5.28. The van der Waals surface area contributed by atoms with Crippen LogP contribution in [0.5, 0.6) is 0 Å². The normalized spacial score (nSPS) is 12.3. The van der Waals surface area contributed by atoms with E-state index in [4.69, 9.17) is 4.42 Å². The Morgan fingerprint density at radius 3 is 2.77 bits per heavy atom. The lowest BCUT2D eigenvalue weighted by atomic mass is 10.2. The number of nitro groups is 1. The van der Waals surface area contributed by atoms with Crippen LogP contribution in [0.15, 0.2) is 53.2 Å². The molecule has 0 bridgehead atoms. The standard InChI is InChI=1S/C16H16N2O4/c1-12(15-7-4-10-22-15)17(2)16(19)9-8-13-5-3-6-14(11-13)18(20)21/h3-12H,1-2H3/b9-8+. The van der Waals surface area contributed by atoms with Crippen molar-refractivity contribution in [2.75, 3.05) is 7.05 Å². The highest BCUT2D eigenvalue weighted by Gasteiger charge is 2.17. The monoisotopic (exact) mass is 300 g/mol. The lowest BCUT2D eigenvalue weighted by Crippen LogP contribution is -2.27. The van der Waals surface area contributed by atoms with Crippen molar-refractivity contribution in [2.45, 2.75) is 13.0 Å². The maximum Gasteiger partial charge on any atom is 0.270 e. The molecule has 2 rings (SSSR count). The lowest BCUT2D eigenvalue weighted by molar-refractivity contribution is -0.384. The van der Waals surface area contributed by atoms with Crippen molar-refractivity contribution in [1.82, 2.24) is 4.90 Å². The van der Waals surface area contributed by atoms with Crippen molar-refractivity contribution in [1.29, 1.82) is 0 Å². The Bertz CT molecular complexity index is 692. The first kappa shape index (κ1) is 15.5. The first-order valence-electron chi connectivity index (χ1n) is 6.72. The molecule has 1 aromatic carbocycles. The predicted octanol–water partition coefficient (Wildman–Crippen LogP) is 3.42. The number of amides is 1. The summed E-state index contributed by atoms with van der Waals surface area (Å²) in [6, 6.07) is 9.48. The van der Waals surface area contributed by atoms with Gasteiger partial charge in [-0.25, -0.2) is 0 Å². The van der Waals surface area contributed by atoms with E-state index in [1.54, 1.807) is 43.7 Å². The summed E-state index contributed by atoms with van der Waals surface area (Å²) in [5.41, 5.74) is 0.591. The summed E-state index contributed by atoms with van der Waals surface area (Å²) in [5, 5.41) is 10.7. The Hall–Kier alpha value is -2.89. The largest absolute Gasteiger partial charge is 0.467 e. The number of hydrogen-bond donors (Lipinski definition) is 0. The Morgan fingerprint density at radius 2 is 2.14 bits per heavy atom. The van der Waals surface area contributed by atoms with Crippen LogP contribution >= 0.6 is 0 Å². The van der Waals surface area contributed by atoms with Crippen LogP contribution in [0.2, 0.25) is 0 Å². The number of hydrogen-bond acceptors (Lipinski definition) is 4. The van der Waals surface area contributed by atoms with Gasteiger partial charge in [0.15, 0.2) is 0 Å². The number of furan rings is 1. The van der Waals surface area contributed by atoms with E-state index in [0.29, 0.717) is 11.3 Å². The topological polar surface area (TPSA) is 76.6 Å². The molecule has 0 radical (unpaired) electrons. The molecule has 1 amide bonds. The third kappa shape index (κ3) is 3.60.